The van der Waals surface area contributed by atoms with Crippen LogP contribution in [0.1, 0.15) is 35.7 Å². The van der Waals surface area contributed by atoms with Gasteiger partial charge in [0.25, 0.3) is 0 Å². The number of carbonyl (C=O) groups is 1. The molecule has 182 valence electrons. The fourth-order valence-corrected chi connectivity index (χ4v) is 5.40. The number of rotatable bonds is 8. The Labute approximate surface area is 205 Å². The van der Waals surface area contributed by atoms with E-state index in [0.29, 0.717) is 24.7 Å². The number of hydrogen-bond donors (Lipinski definition) is 3. The van der Waals surface area contributed by atoms with E-state index in [9.17, 15) is 9.90 Å². The van der Waals surface area contributed by atoms with Gasteiger partial charge in [-0.1, -0.05) is 54.6 Å². The van der Waals surface area contributed by atoms with Crippen LogP contribution >= 0.6 is 0 Å². The van der Waals surface area contributed by atoms with E-state index in [0.717, 1.165) is 17.5 Å². The number of phenolic OH excluding ortho intramolecular Hbond substituents is 1. The molecule has 4 unspecified atom stereocenters. The Hall–Kier alpha value is -3.55. The van der Waals surface area contributed by atoms with Crippen LogP contribution in [0, 0.1) is 5.92 Å². The quantitative estimate of drug-likeness (QED) is 0.462. The number of likely N-dealkylation sites (tertiary alicyclic amines) is 1. The summed E-state index contributed by atoms with van der Waals surface area (Å²) in [6.45, 7) is 3.06. The summed E-state index contributed by atoms with van der Waals surface area (Å²) < 4.78 is 11.4. The van der Waals surface area contributed by atoms with Crippen molar-refractivity contribution in [1.29, 1.82) is 0 Å². The molecule has 0 saturated carbocycles. The summed E-state index contributed by atoms with van der Waals surface area (Å²) in [6.07, 6.45) is 0.755. The zero-order valence-corrected chi connectivity index (χ0v) is 20.0. The van der Waals surface area contributed by atoms with Crippen LogP contribution in [0.3, 0.4) is 0 Å². The van der Waals surface area contributed by atoms with E-state index in [4.69, 9.17) is 9.47 Å². The van der Waals surface area contributed by atoms with E-state index >= 15 is 0 Å². The lowest BCUT2D eigenvalue weighted by Gasteiger charge is -2.32. The van der Waals surface area contributed by atoms with Crippen molar-refractivity contribution >= 4 is 5.91 Å². The van der Waals surface area contributed by atoms with Crippen molar-refractivity contribution < 1.29 is 19.4 Å². The molecule has 3 aromatic carbocycles. The predicted octanol–water partition coefficient (Wildman–Crippen LogP) is 3.76. The molecule has 5 rings (SSSR count). The number of nitrogens with zero attached hydrogens (tertiary/aromatic N) is 1. The number of phenols is 1. The molecular weight excluding hydrogens is 442 g/mol. The molecule has 2 fully saturated rings. The van der Waals surface area contributed by atoms with E-state index < -0.39 is 6.04 Å². The molecule has 0 aromatic heterocycles. The molecule has 0 aliphatic carbocycles. The number of benzene rings is 3. The number of ether oxygens (including phenoxy) is 2. The van der Waals surface area contributed by atoms with Crippen molar-refractivity contribution in [2.24, 2.45) is 5.92 Å². The zero-order chi connectivity index (χ0) is 24.4. The van der Waals surface area contributed by atoms with Crippen LogP contribution in [0.2, 0.25) is 0 Å². The third kappa shape index (κ3) is 4.33. The Balaban J connectivity index is 1.54. The Morgan fingerprint density at radius 3 is 2.43 bits per heavy atom. The standard InChI is InChI=1S/C28H31N3O4/c1-3-35-22-14-13-19(17-23(22)34-2)27-24-25(20-11-7-8-12-21(20)32)29-30-26(24)28(33)31(27)16-15-18-9-5-4-6-10-18/h4-14,17,24-27,29-30,32H,3,15-16H2,1-2H3. The van der Waals surface area contributed by atoms with Gasteiger partial charge in [0, 0.05) is 18.0 Å². The first kappa shape index (κ1) is 23.2. The largest absolute Gasteiger partial charge is 0.508 e. The summed E-state index contributed by atoms with van der Waals surface area (Å²) in [5.74, 6) is 1.45. The van der Waals surface area contributed by atoms with Gasteiger partial charge in [0.05, 0.1) is 25.8 Å². The number of hydrogen-bond acceptors (Lipinski definition) is 6. The van der Waals surface area contributed by atoms with E-state index in [2.05, 4.69) is 23.0 Å². The number of aromatic hydroxyl groups is 1. The number of hydrazine groups is 1. The van der Waals surface area contributed by atoms with Crippen LogP contribution in [-0.4, -0.2) is 42.2 Å². The molecule has 3 aromatic rings. The van der Waals surface area contributed by atoms with Gasteiger partial charge in [0.1, 0.15) is 11.8 Å². The average Bonchev–Trinajstić information content (AvgIpc) is 3.43. The number of methoxy groups -OCH3 is 1. The number of carbonyl (C=O) groups excluding carboxylic acids is 1. The Morgan fingerprint density at radius 1 is 0.943 bits per heavy atom. The molecule has 0 radical (unpaired) electrons. The highest BCUT2D eigenvalue weighted by atomic mass is 16.5. The monoisotopic (exact) mass is 473 g/mol. The Morgan fingerprint density at radius 2 is 1.69 bits per heavy atom. The second-order valence-corrected chi connectivity index (χ2v) is 8.94. The lowest BCUT2D eigenvalue weighted by Crippen LogP contribution is -2.42. The zero-order valence-electron chi connectivity index (χ0n) is 20.0. The van der Waals surface area contributed by atoms with Crippen molar-refractivity contribution in [1.82, 2.24) is 15.8 Å². The van der Waals surface area contributed by atoms with Gasteiger partial charge in [-0.25, -0.2) is 10.9 Å². The van der Waals surface area contributed by atoms with Gasteiger partial charge >= 0.3 is 0 Å². The molecule has 2 heterocycles. The topological polar surface area (TPSA) is 83.1 Å². The van der Waals surface area contributed by atoms with Gasteiger partial charge in [0.2, 0.25) is 5.91 Å². The highest BCUT2D eigenvalue weighted by molar-refractivity contribution is 5.86. The van der Waals surface area contributed by atoms with E-state index in [1.165, 1.54) is 5.56 Å². The number of para-hydroxylation sites is 1. The molecule has 2 aliphatic heterocycles. The minimum absolute atomic E-state index is 0.0502. The average molecular weight is 474 g/mol. The van der Waals surface area contributed by atoms with Crippen LogP contribution in [-0.2, 0) is 11.2 Å². The van der Waals surface area contributed by atoms with Crippen LogP contribution < -0.4 is 20.3 Å². The lowest BCUT2D eigenvalue weighted by atomic mass is 9.83. The molecular formula is C28H31N3O4. The Bertz CT molecular complexity index is 1190. The second-order valence-electron chi connectivity index (χ2n) is 8.94. The van der Waals surface area contributed by atoms with Gasteiger partial charge < -0.3 is 19.5 Å². The van der Waals surface area contributed by atoms with Crippen molar-refractivity contribution in [2.75, 3.05) is 20.3 Å². The molecule has 3 N–H and O–H groups in total. The normalized spacial score (nSPS) is 23.4. The third-order valence-corrected chi connectivity index (χ3v) is 7.00. The smallest absolute Gasteiger partial charge is 0.242 e. The van der Waals surface area contributed by atoms with E-state index in [-0.39, 0.29) is 29.7 Å². The summed E-state index contributed by atoms with van der Waals surface area (Å²) in [7, 11) is 1.63. The third-order valence-electron chi connectivity index (χ3n) is 7.00. The molecule has 2 aliphatic rings. The number of amides is 1. The number of fused-ring (bicyclic) bond motifs is 1. The fourth-order valence-electron chi connectivity index (χ4n) is 5.40. The molecule has 1 amide bonds. The summed E-state index contributed by atoms with van der Waals surface area (Å²) in [4.78, 5) is 15.7. The minimum Gasteiger partial charge on any atom is -0.508 e. The van der Waals surface area contributed by atoms with Crippen LogP contribution in [0.15, 0.2) is 72.8 Å². The van der Waals surface area contributed by atoms with Crippen LogP contribution in [0.5, 0.6) is 17.2 Å². The first-order valence-electron chi connectivity index (χ1n) is 12.1. The van der Waals surface area contributed by atoms with E-state index in [1.807, 2.05) is 60.4 Å². The van der Waals surface area contributed by atoms with Gasteiger partial charge in [-0.3, -0.25) is 4.79 Å². The SMILES string of the molecule is CCOc1ccc(C2C3C(NNC3c3ccccc3O)C(=O)N2CCc2ccccc2)cc1OC. The Kier molecular flexibility index (Phi) is 6.61. The fraction of sp³-hybridized carbons (Fsp3) is 0.321. The maximum Gasteiger partial charge on any atom is 0.242 e. The highest BCUT2D eigenvalue weighted by Crippen LogP contribution is 2.49. The molecule has 0 bridgehead atoms. The summed E-state index contributed by atoms with van der Waals surface area (Å²) >= 11 is 0. The van der Waals surface area contributed by atoms with Crippen LogP contribution in [0.25, 0.3) is 0 Å². The molecule has 0 spiro atoms. The first-order valence-corrected chi connectivity index (χ1v) is 12.1. The minimum atomic E-state index is -0.405. The molecule has 4 atom stereocenters. The van der Waals surface area contributed by atoms with Gasteiger partial charge in [0.15, 0.2) is 11.5 Å². The van der Waals surface area contributed by atoms with Gasteiger partial charge in [-0.05, 0) is 42.7 Å². The first-order chi connectivity index (χ1) is 17.1. The molecule has 7 nitrogen and oxygen atoms in total. The van der Waals surface area contributed by atoms with Crippen LogP contribution in [0.4, 0.5) is 0 Å². The summed E-state index contributed by atoms with van der Waals surface area (Å²) in [5, 5.41) is 10.6. The molecule has 2 saturated heterocycles. The van der Waals surface area contributed by atoms with Crippen molar-refractivity contribution in [3.05, 3.63) is 89.5 Å². The lowest BCUT2D eigenvalue weighted by molar-refractivity contribution is -0.130. The summed E-state index contributed by atoms with van der Waals surface area (Å²) in [5.41, 5.74) is 9.44. The van der Waals surface area contributed by atoms with Crippen molar-refractivity contribution in [3.8, 4) is 17.2 Å². The molecule has 7 heteroatoms. The second kappa shape index (κ2) is 9.98. The number of nitrogens with one attached hydrogen (secondary N) is 2. The van der Waals surface area contributed by atoms with Crippen molar-refractivity contribution in [3.63, 3.8) is 0 Å². The van der Waals surface area contributed by atoms with Crippen molar-refractivity contribution in [2.45, 2.75) is 31.5 Å². The summed E-state index contributed by atoms with van der Waals surface area (Å²) in [6, 6.07) is 22.5. The highest BCUT2D eigenvalue weighted by Gasteiger charge is 2.55. The maximum atomic E-state index is 13.7. The molecule has 35 heavy (non-hydrogen) atoms. The van der Waals surface area contributed by atoms with Gasteiger partial charge in [-0.2, -0.15) is 0 Å². The predicted molar refractivity (Wildman–Crippen MR) is 133 cm³/mol. The van der Waals surface area contributed by atoms with Gasteiger partial charge in [-0.15, -0.1) is 0 Å². The maximum absolute atomic E-state index is 13.7. The van der Waals surface area contributed by atoms with E-state index in [1.54, 1.807) is 19.2 Å².